The second-order valence-electron chi connectivity index (χ2n) is 8.92. The fraction of sp³-hybridized carbons (Fsp3) is 0.440. The minimum Gasteiger partial charge on any atom is -0.349 e. The number of para-hydroxylation sites is 1. The molecule has 0 aliphatic heterocycles. The average molecular weight is 472 g/mol. The summed E-state index contributed by atoms with van der Waals surface area (Å²) in [6.45, 7) is 3.72. The van der Waals surface area contributed by atoms with Gasteiger partial charge in [0.05, 0.1) is 23.2 Å². The number of amides is 2. The molecular weight excluding hydrogens is 438 g/mol. The summed E-state index contributed by atoms with van der Waals surface area (Å²) in [4.78, 5) is 25.7. The molecule has 0 radical (unpaired) electrons. The minimum atomic E-state index is -3.69. The fourth-order valence-corrected chi connectivity index (χ4v) is 4.90. The maximum atomic E-state index is 12.8. The monoisotopic (exact) mass is 471 g/mol. The van der Waals surface area contributed by atoms with E-state index < -0.39 is 22.5 Å². The number of rotatable bonds is 8. The van der Waals surface area contributed by atoms with Crippen molar-refractivity contribution in [2.24, 2.45) is 0 Å². The molecule has 0 bridgehead atoms. The van der Waals surface area contributed by atoms with Crippen molar-refractivity contribution >= 4 is 33.2 Å². The number of benzene rings is 2. The summed E-state index contributed by atoms with van der Waals surface area (Å²) in [6, 6.07) is 14.1. The van der Waals surface area contributed by atoms with E-state index in [9.17, 15) is 18.0 Å². The highest BCUT2D eigenvalue weighted by atomic mass is 32.2. The average Bonchev–Trinajstić information content (AvgIpc) is 2.78. The van der Waals surface area contributed by atoms with Gasteiger partial charge in [0, 0.05) is 6.04 Å². The molecule has 2 aromatic carbocycles. The highest BCUT2D eigenvalue weighted by Crippen LogP contribution is 2.23. The molecule has 0 atom stereocenters. The van der Waals surface area contributed by atoms with Crippen molar-refractivity contribution in [2.75, 3.05) is 22.4 Å². The Hall–Kier alpha value is -2.87. The summed E-state index contributed by atoms with van der Waals surface area (Å²) in [7, 11) is -3.69. The number of nitrogens with zero attached hydrogens (tertiary/aromatic N) is 1. The van der Waals surface area contributed by atoms with Gasteiger partial charge in [-0.05, 0) is 48.6 Å². The van der Waals surface area contributed by atoms with Gasteiger partial charge in [0.1, 0.15) is 6.54 Å². The first-order valence-electron chi connectivity index (χ1n) is 11.4. The van der Waals surface area contributed by atoms with Crippen LogP contribution in [-0.2, 0) is 14.8 Å². The predicted molar refractivity (Wildman–Crippen MR) is 132 cm³/mol. The van der Waals surface area contributed by atoms with E-state index >= 15 is 0 Å². The SMILES string of the molecule is CC(C)c1ccc(N(CC(=O)Nc2ccccc2C(=O)NC2CCCCC2)S(C)(=O)=O)cc1. The maximum Gasteiger partial charge on any atom is 0.253 e. The van der Waals surface area contributed by atoms with E-state index in [1.165, 1.54) is 6.42 Å². The van der Waals surface area contributed by atoms with E-state index in [1.807, 2.05) is 12.1 Å². The second kappa shape index (κ2) is 10.8. The van der Waals surface area contributed by atoms with Gasteiger partial charge in [-0.15, -0.1) is 0 Å². The van der Waals surface area contributed by atoms with Crippen molar-refractivity contribution in [3.8, 4) is 0 Å². The lowest BCUT2D eigenvalue weighted by Crippen LogP contribution is -2.38. The molecule has 7 nitrogen and oxygen atoms in total. The van der Waals surface area contributed by atoms with E-state index in [1.54, 1.807) is 36.4 Å². The third-order valence-corrected chi connectivity index (χ3v) is 7.06. The van der Waals surface area contributed by atoms with Crippen molar-refractivity contribution in [3.05, 3.63) is 59.7 Å². The van der Waals surface area contributed by atoms with Crippen molar-refractivity contribution < 1.29 is 18.0 Å². The van der Waals surface area contributed by atoms with Crippen LogP contribution in [0.15, 0.2) is 48.5 Å². The molecule has 3 rings (SSSR count). The second-order valence-corrected chi connectivity index (χ2v) is 10.8. The lowest BCUT2D eigenvalue weighted by molar-refractivity contribution is -0.114. The maximum absolute atomic E-state index is 12.8. The summed E-state index contributed by atoms with van der Waals surface area (Å²) >= 11 is 0. The van der Waals surface area contributed by atoms with Crippen LogP contribution in [0, 0.1) is 0 Å². The number of sulfonamides is 1. The Morgan fingerprint density at radius 1 is 1.00 bits per heavy atom. The number of carbonyl (C=O) groups is 2. The minimum absolute atomic E-state index is 0.143. The molecular formula is C25H33N3O4S. The van der Waals surface area contributed by atoms with Crippen LogP contribution in [-0.4, -0.2) is 39.1 Å². The smallest absolute Gasteiger partial charge is 0.253 e. The molecule has 1 saturated carbocycles. The molecule has 0 saturated heterocycles. The molecule has 1 aliphatic rings. The number of hydrogen-bond donors (Lipinski definition) is 2. The lowest BCUT2D eigenvalue weighted by atomic mass is 9.95. The zero-order valence-corrected chi connectivity index (χ0v) is 20.3. The van der Waals surface area contributed by atoms with E-state index in [0.717, 1.165) is 41.8 Å². The highest BCUT2D eigenvalue weighted by Gasteiger charge is 2.23. The summed E-state index contributed by atoms with van der Waals surface area (Å²) in [5, 5.41) is 5.78. The first-order chi connectivity index (χ1) is 15.6. The summed E-state index contributed by atoms with van der Waals surface area (Å²) in [6.07, 6.45) is 6.38. The molecule has 2 aromatic rings. The van der Waals surface area contributed by atoms with Gasteiger partial charge < -0.3 is 10.6 Å². The molecule has 8 heteroatoms. The molecule has 0 spiro atoms. The van der Waals surface area contributed by atoms with Crippen molar-refractivity contribution in [2.45, 2.75) is 57.9 Å². The summed E-state index contributed by atoms with van der Waals surface area (Å²) < 4.78 is 25.9. The van der Waals surface area contributed by atoms with Crippen molar-refractivity contribution in [1.29, 1.82) is 0 Å². The van der Waals surface area contributed by atoms with Crippen LogP contribution in [0.3, 0.4) is 0 Å². The number of nitrogens with one attached hydrogen (secondary N) is 2. The van der Waals surface area contributed by atoms with E-state index in [-0.39, 0.29) is 11.9 Å². The Labute approximate surface area is 196 Å². The van der Waals surface area contributed by atoms with Crippen LogP contribution in [0.4, 0.5) is 11.4 Å². The Bertz CT molecular complexity index is 1080. The van der Waals surface area contributed by atoms with Crippen LogP contribution < -0.4 is 14.9 Å². The third-order valence-electron chi connectivity index (χ3n) is 5.92. The van der Waals surface area contributed by atoms with Gasteiger partial charge >= 0.3 is 0 Å². The Balaban J connectivity index is 1.73. The fourth-order valence-electron chi connectivity index (χ4n) is 4.05. The standard InChI is InChI=1S/C25H33N3O4S/c1-18(2)19-13-15-21(16-14-19)28(33(3,31)32)17-24(29)27-23-12-8-7-11-22(23)25(30)26-20-9-5-4-6-10-20/h7-8,11-16,18,20H,4-6,9-10,17H2,1-3H3,(H,26,30)(H,27,29). The first-order valence-corrected chi connectivity index (χ1v) is 13.3. The number of anilines is 2. The van der Waals surface area contributed by atoms with Gasteiger partial charge in [0.2, 0.25) is 15.9 Å². The zero-order chi connectivity index (χ0) is 24.0. The van der Waals surface area contributed by atoms with E-state index in [0.29, 0.717) is 22.9 Å². The van der Waals surface area contributed by atoms with E-state index in [2.05, 4.69) is 24.5 Å². The molecule has 1 aliphatic carbocycles. The summed E-state index contributed by atoms with van der Waals surface area (Å²) in [5.41, 5.74) is 2.22. The van der Waals surface area contributed by atoms with Gasteiger partial charge in [-0.2, -0.15) is 0 Å². The van der Waals surface area contributed by atoms with Crippen LogP contribution in [0.2, 0.25) is 0 Å². The van der Waals surface area contributed by atoms with Crippen LogP contribution in [0.1, 0.15) is 67.8 Å². The predicted octanol–water partition coefficient (Wildman–Crippen LogP) is 4.28. The van der Waals surface area contributed by atoms with Gasteiger partial charge in [-0.3, -0.25) is 13.9 Å². The molecule has 0 aromatic heterocycles. The van der Waals surface area contributed by atoms with Gasteiger partial charge in [-0.25, -0.2) is 8.42 Å². The largest absolute Gasteiger partial charge is 0.349 e. The van der Waals surface area contributed by atoms with Crippen LogP contribution >= 0.6 is 0 Å². The topological polar surface area (TPSA) is 95.6 Å². The molecule has 2 amide bonds. The highest BCUT2D eigenvalue weighted by molar-refractivity contribution is 7.92. The van der Waals surface area contributed by atoms with Crippen LogP contribution in [0.25, 0.3) is 0 Å². The number of carbonyl (C=O) groups excluding carboxylic acids is 2. The Morgan fingerprint density at radius 2 is 1.64 bits per heavy atom. The van der Waals surface area contributed by atoms with Gasteiger partial charge in [0.25, 0.3) is 5.91 Å². The number of hydrogen-bond acceptors (Lipinski definition) is 4. The molecule has 0 unspecified atom stereocenters. The normalized spacial score (nSPS) is 14.7. The third kappa shape index (κ3) is 6.81. The molecule has 1 fully saturated rings. The zero-order valence-electron chi connectivity index (χ0n) is 19.5. The quantitative estimate of drug-likeness (QED) is 0.601. The Kier molecular flexibility index (Phi) is 8.13. The molecule has 178 valence electrons. The molecule has 33 heavy (non-hydrogen) atoms. The van der Waals surface area contributed by atoms with Crippen LogP contribution in [0.5, 0.6) is 0 Å². The van der Waals surface area contributed by atoms with Gasteiger partial charge in [-0.1, -0.05) is 57.4 Å². The summed E-state index contributed by atoms with van der Waals surface area (Å²) in [5.74, 6) is -0.446. The molecule has 2 N–H and O–H groups in total. The van der Waals surface area contributed by atoms with E-state index in [4.69, 9.17) is 0 Å². The lowest BCUT2D eigenvalue weighted by Gasteiger charge is -2.24. The first kappa shape index (κ1) is 24.8. The van der Waals surface area contributed by atoms with Crippen molar-refractivity contribution in [3.63, 3.8) is 0 Å². The molecule has 0 heterocycles. The van der Waals surface area contributed by atoms with Crippen molar-refractivity contribution in [1.82, 2.24) is 5.32 Å². The van der Waals surface area contributed by atoms with Gasteiger partial charge in [0.15, 0.2) is 0 Å². The Morgan fingerprint density at radius 3 is 2.24 bits per heavy atom.